The van der Waals surface area contributed by atoms with Gasteiger partial charge in [-0.25, -0.2) is 15.0 Å². The predicted molar refractivity (Wildman–Crippen MR) is 90.2 cm³/mol. The molecule has 124 valence electrons. The Bertz CT molecular complexity index is 589. The van der Waals surface area contributed by atoms with Gasteiger partial charge in [0.25, 0.3) is 0 Å². The minimum Gasteiger partial charge on any atom is -0.381 e. The number of imidazole rings is 1. The Morgan fingerprint density at radius 3 is 2.91 bits per heavy atom. The van der Waals surface area contributed by atoms with Crippen molar-refractivity contribution in [2.45, 2.75) is 39.2 Å². The molecule has 2 aromatic heterocycles. The van der Waals surface area contributed by atoms with Crippen LogP contribution in [-0.2, 0) is 11.3 Å². The summed E-state index contributed by atoms with van der Waals surface area (Å²) in [6, 6.07) is 0. The van der Waals surface area contributed by atoms with Crippen LogP contribution in [0.1, 0.15) is 32.6 Å². The van der Waals surface area contributed by atoms with Crippen molar-refractivity contribution in [3.8, 4) is 11.4 Å². The van der Waals surface area contributed by atoms with E-state index in [2.05, 4.69) is 31.8 Å². The fraction of sp³-hybridized carbons (Fsp3) is 0.588. The normalized spacial score (nSPS) is 18.0. The Morgan fingerprint density at radius 1 is 1.30 bits per heavy atom. The number of anilines is 1. The summed E-state index contributed by atoms with van der Waals surface area (Å²) in [5.41, 5.74) is 0.956. The van der Waals surface area contributed by atoms with E-state index >= 15 is 0 Å². The van der Waals surface area contributed by atoms with Gasteiger partial charge in [-0.1, -0.05) is 6.92 Å². The van der Waals surface area contributed by atoms with Crippen molar-refractivity contribution >= 4 is 5.95 Å². The van der Waals surface area contributed by atoms with E-state index in [1.165, 1.54) is 12.8 Å². The van der Waals surface area contributed by atoms with Gasteiger partial charge in [-0.15, -0.1) is 0 Å². The molecule has 0 aromatic carbocycles. The quantitative estimate of drug-likeness (QED) is 0.851. The molecule has 0 amide bonds. The second kappa shape index (κ2) is 8.06. The minimum absolute atomic E-state index is 0.663. The third kappa shape index (κ3) is 4.28. The van der Waals surface area contributed by atoms with E-state index in [9.17, 15) is 0 Å². The van der Waals surface area contributed by atoms with E-state index < -0.39 is 0 Å². The summed E-state index contributed by atoms with van der Waals surface area (Å²) in [5, 5.41) is 3.19. The molecule has 0 spiro atoms. The van der Waals surface area contributed by atoms with Gasteiger partial charge in [-0.05, 0) is 31.6 Å². The molecule has 6 nitrogen and oxygen atoms in total. The van der Waals surface area contributed by atoms with E-state index in [4.69, 9.17) is 4.74 Å². The Balaban J connectivity index is 1.62. The van der Waals surface area contributed by atoms with Crippen LogP contribution in [-0.4, -0.2) is 39.3 Å². The number of nitrogens with one attached hydrogen (secondary N) is 1. The first-order valence-corrected chi connectivity index (χ1v) is 8.52. The smallest absolute Gasteiger partial charge is 0.222 e. The average Bonchev–Trinajstić information content (AvgIpc) is 3.08. The molecule has 0 bridgehead atoms. The first-order valence-electron chi connectivity index (χ1n) is 8.52. The number of nitrogens with zero attached hydrogens (tertiary/aromatic N) is 4. The number of hydrogen-bond donors (Lipinski definition) is 1. The lowest BCUT2D eigenvalue weighted by Gasteiger charge is -2.22. The SMILES string of the molecule is CCCNc1ncc(-c2nccn2CCC2CCCOC2)cn1. The van der Waals surface area contributed by atoms with Gasteiger partial charge in [0, 0.05) is 51.1 Å². The molecule has 1 aliphatic rings. The van der Waals surface area contributed by atoms with Gasteiger partial charge in [0.05, 0.1) is 5.56 Å². The van der Waals surface area contributed by atoms with Crippen LogP contribution in [0, 0.1) is 5.92 Å². The Morgan fingerprint density at radius 2 is 2.17 bits per heavy atom. The van der Waals surface area contributed by atoms with Gasteiger partial charge in [0.2, 0.25) is 5.95 Å². The van der Waals surface area contributed by atoms with Crippen molar-refractivity contribution in [1.82, 2.24) is 19.5 Å². The van der Waals surface area contributed by atoms with Crippen LogP contribution in [0.15, 0.2) is 24.8 Å². The van der Waals surface area contributed by atoms with E-state index in [1.807, 2.05) is 24.8 Å². The molecule has 0 saturated carbocycles. The van der Waals surface area contributed by atoms with Gasteiger partial charge >= 0.3 is 0 Å². The van der Waals surface area contributed by atoms with Crippen molar-refractivity contribution < 1.29 is 4.74 Å². The van der Waals surface area contributed by atoms with E-state index in [-0.39, 0.29) is 0 Å². The molecule has 1 unspecified atom stereocenters. The maximum atomic E-state index is 5.56. The van der Waals surface area contributed by atoms with Crippen LogP contribution in [0.25, 0.3) is 11.4 Å². The predicted octanol–water partition coefficient (Wildman–Crippen LogP) is 2.98. The highest BCUT2D eigenvalue weighted by atomic mass is 16.5. The second-order valence-corrected chi connectivity index (χ2v) is 6.04. The molecular weight excluding hydrogens is 290 g/mol. The molecule has 2 aromatic rings. The summed E-state index contributed by atoms with van der Waals surface area (Å²) < 4.78 is 7.75. The molecule has 1 atom stereocenters. The molecule has 3 heterocycles. The van der Waals surface area contributed by atoms with Crippen LogP contribution in [0.5, 0.6) is 0 Å². The largest absolute Gasteiger partial charge is 0.381 e. The number of hydrogen-bond acceptors (Lipinski definition) is 5. The van der Waals surface area contributed by atoms with Crippen LogP contribution >= 0.6 is 0 Å². The molecule has 1 fully saturated rings. The highest BCUT2D eigenvalue weighted by molar-refractivity contribution is 5.53. The second-order valence-electron chi connectivity index (χ2n) is 6.04. The molecule has 1 N–H and O–H groups in total. The number of aryl methyl sites for hydroxylation is 1. The summed E-state index contributed by atoms with van der Waals surface area (Å²) in [4.78, 5) is 13.2. The van der Waals surface area contributed by atoms with Crippen molar-refractivity contribution in [1.29, 1.82) is 0 Å². The number of ether oxygens (including phenoxy) is 1. The van der Waals surface area contributed by atoms with E-state index in [0.29, 0.717) is 11.9 Å². The van der Waals surface area contributed by atoms with Gasteiger partial charge in [-0.3, -0.25) is 0 Å². The van der Waals surface area contributed by atoms with Crippen molar-refractivity contribution in [3.05, 3.63) is 24.8 Å². The summed E-state index contributed by atoms with van der Waals surface area (Å²) in [6.45, 7) is 5.78. The molecule has 0 radical (unpaired) electrons. The van der Waals surface area contributed by atoms with E-state index in [1.54, 1.807) is 0 Å². The zero-order valence-electron chi connectivity index (χ0n) is 13.7. The molecule has 6 heteroatoms. The number of rotatable bonds is 7. The lowest BCUT2D eigenvalue weighted by molar-refractivity contribution is 0.0501. The first kappa shape index (κ1) is 15.9. The fourth-order valence-corrected chi connectivity index (χ4v) is 2.88. The molecule has 23 heavy (non-hydrogen) atoms. The first-order chi connectivity index (χ1) is 11.4. The molecule has 0 aliphatic carbocycles. The summed E-state index contributed by atoms with van der Waals surface area (Å²) in [5.74, 6) is 2.27. The van der Waals surface area contributed by atoms with Crippen LogP contribution in [0.2, 0.25) is 0 Å². The minimum atomic E-state index is 0.663. The lowest BCUT2D eigenvalue weighted by Crippen LogP contribution is -2.19. The summed E-state index contributed by atoms with van der Waals surface area (Å²) in [7, 11) is 0. The molecule has 1 aliphatic heterocycles. The topological polar surface area (TPSA) is 64.9 Å². The summed E-state index contributed by atoms with van der Waals surface area (Å²) in [6.07, 6.45) is 12.2. The Labute approximate surface area is 137 Å². The van der Waals surface area contributed by atoms with Crippen molar-refractivity contribution in [3.63, 3.8) is 0 Å². The van der Waals surface area contributed by atoms with Crippen LogP contribution in [0.3, 0.4) is 0 Å². The maximum Gasteiger partial charge on any atom is 0.222 e. The lowest BCUT2D eigenvalue weighted by atomic mass is 9.99. The van der Waals surface area contributed by atoms with Crippen molar-refractivity contribution in [2.75, 3.05) is 25.1 Å². The Hall–Kier alpha value is -1.95. The molecule has 3 rings (SSSR count). The molecular formula is C17H25N5O. The van der Waals surface area contributed by atoms with Gasteiger partial charge < -0.3 is 14.6 Å². The average molecular weight is 315 g/mol. The van der Waals surface area contributed by atoms with Gasteiger partial charge in [-0.2, -0.15) is 0 Å². The highest BCUT2D eigenvalue weighted by Gasteiger charge is 2.15. The summed E-state index contributed by atoms with van der Waals surface area (Å²) >= 11 is 0. The van der Waals surface area contributed by atoms with Gasteiger partial charge in [0.15, 0.2) is 0 Å². The van der Waals surface area contributed by atoms with Gasteiger partial charge in [0.1, 0.15) is 5.82 Å². The van der Waals surface area contributed by atoms with E-state index in [0.717, 1.165) is 50.5 Å². The standard InChI is InChI=1S/C17H25N5O/c1-2-6-19-17-20-11-15(12-21-17)16-18-7-9-22(16)8-5-14-4-3-10-23-13-14/h7,9,11-12,14H,2-6,8,10,13H2,1H3,(H,19,20,21). The van der Waals surface area contributed by atoms with Crippen LogP contribution in [0.4, 0.5) is 5.95 Å². The third-order valence-corrected chi connectivity index (χ3v) is 4.19. The van der Waals surface area contributed by atoms with Crippen molar-refractivity contribution in [2.24, 2.45) is 5.92 Å². The maximum absolute atomic E-state index is 5.56. The zero-order valence-corrected chi connectivity index (χ0v) is 13.7. The fourth-order valence-electron chi connectivity index (χ4n) is 2.88. The Kier molecular flexibility index (Phi) is 5.58. The monoisotopic (exact) mass is 315 g/mol. The highest BCUT2D eigenvalue weighted by Crippen LogP contribution is 2.21. The zero-order chi connectivity index (χ0) is 15.9. The molecule has 1 saturated heterocycles. The number of aromatic nitrogens is 4. The third-order valence-electron chi connectivity index (χ3n) is 4.19. The van der Waals surface area contributed by atoms with Crippen LogP contribution < -0.4 is 5.32 Å².